The Hall–Kier alpha value is -1.26. The van der Waals surface area contributed by atoms with Crippen molar-refractivity contribution in [1.29, 1.82) is 0 Å². The predicted octanol–water partition coefficient (Wildman–Crippen LogP) is 1.97. The molecule has 1 heterocycles. The van der Waals surface area contributed by atoms with Crippen LogP contribution in [0.5, 0.6) is 0 Å². The highest BCUT2D eigenvalue weighted by atomic mass is 16.4. The van der Waals surface area contributed by atoms with Crippen molar-refractivity contribution in [3.05, 3.63) is 0 Å². The number of nitrogens with zero attached hydrogens (tertiary/aromatic N) is 1. The molecule has 2 amide bonds. The molecule has 102 valence electrons. The monoisotopic (exact) mass is 254 g/mol. The zero-order chi connectivity index (χ0) is 13.4. The Bertz CT molecular complexity index is 359. The number of carboxylic acids is 1. The van der Waals surface area contributed by atoms with Gasteiger partial charge in [-0.2, -0.15) is 0 Å². The minimum absolute atomic E-state index is 0.164. The summed E-state index contributed by atoms with van der Waals surface area (Å²) in [5, 5.41) is 12.1. The Morgan fingerprint density at radius 2 is 1.72 bits per heavy atom. The molecule has 0 unspecified atom stereocenters. The lowest BCUT2D eigenvalue weighted by atomic mass is 9.98. The van der Waals surface area contributed by atoms with Crippen molar-refractivity contribution in [3.63, 3.8) is 0 Å². The highest BCUT2D eigenvalue weighted by molar-refractivity contribution is 5.87. The largest absolute Gasteiger partial charge is 0.480 e. The van der Waals surface area contributed by atoms with E-state index in [0.29, 0.717) is 19.4 Å². The molecule has 1 aliphatic heterocycles. The van der Waals surface area contributed by atoms with Crippen molar-refractivity contribution >= 4 is 12.0 Å². The molecule has 0 aromatic carbocycles. The first-order valence-electron chi connectivity index (χ1n) is 6.71. The van der Waals surface area contributed by atoms with Crippen molar-refractivity contribution in [2.45, 2.75) is 63.5 Å². The third-order valence-corrected chi connectivity index (χ3v) is 4.36. The molecule has 2 aliphatic rings. The highest BCUT2D eigenvalue weighted by Crippen LogP contribution is 2.32. The fourth-order valence-corrected chi connectivity index (χ4v) is 3.13. The molecule has 1 aliphatic carbocycles. The number of nitrogens with one attached hydrogen (secondary N) is 1. The molecular weight excluding hydrogens is 232 g/mol. The SMILES string of the molecule is CC1(C)CCCN1C(=O)NC1(C(=O)O)CCCC1. The fraction of sp³-hybridized carbons (Fsp3) is 0.846. The van der Waals surface area contributed by atoms with Gasteiger partial charge in [-0.05, 0) is 39.5 Å². The van der Waals surface area contributed by atoms with Crippen LogP contribution in [-0.2, 0) is 4.79 Å². The van der Waals surface area contributed by atoms with Gasteiger partial charge < -0.3 is 15.3 Å². The summed E-state index contributed by atoms with van der Waals surface area (Å²) in [6.45, 7) is 4.78. The average molecular weight is 254 g/mol. The van der Waals surface area contributed by atoms with Gasteiger partial charge in [0, 0.05) is 12.1 Å². The third-order valence-electron chi connectivity index (χ3n) is 4.36. The zero-order valence-electron chi connectivity index (χ0n) is 11.2. The van der Waals surface area contributed by atoms with E-state index in [-0.39, 0.29) is 11.6 Å². The maximum absolute atomic E-state index is 12.3. The van der Waals surface area contributed by atoms with Gasteiger partial charge in [0.15, 0.2) is 0 Å². The van der Waals surface area contributed by atoms with Crippen LogP contribution in [0, 0.1) is 0 Å². The topological polar surface area (TPSA) is 69.6 Å². The summed E-state index contributed by atoms with van der Waals surface area (Å²) in [4.78, 5) is 25.5. The standard InChI is InChI=1S/C13H22N2O3/c1-12(2)6-5-9-15(12)11(18)14-13(10(16)17)7-3-4-8-13/h3-9H2,1-2H3,(H,14,18)(H,16,17). The number of amides is 2. The van der Waals surface area contributed by atoms with Crippen LogP contribution in [0.2, 0.25) is 0 Å². The second-order valence-electron chi connectivity index (χ2n) is 6.09. The van der Waals surface area contributed by atoms with Crippen LogP contribution < -0.4 is 5.32 Å². The predicted molar refractivity (Wildman–Crippen MR) is 67.4 cm³/mol. The number of urea groups is 1. The van der Waals surface area contributed by atoms with Crippen LogP contribution in [0.15, 0.2) is 0 Å². The summed E-state index contributed by atoms with van der Waals surface area (Å²) in [7, 11) is 0. The van der Waals surface area contributed by atoms with Gasteiger partial charge in [-0.25, -0.2) is 9.59 Å². The van der Waals surface area contributed by atoms with Crippen molar-refractivity contribution in [2.24, 2.45) is 0 Å². The number of likely N-dealkylation sites (tertiary alicyclic amines) is 1. The molecule has 2 fully saturated rings. The van der Waals surface area contributed by atoms with Gasteiger partial charge in [0.1, 0.15) is 5.54 Å². The van der Waals surface area contributed by atoms with E-state index in [1.54, 1.807) is 4.90 Å². The molecule has 5 heteroatoms. The van der Waals surface area contributed by atoms with Gasteiger partial charge in [-0.3, -0.25) is 0 Å². The highest BCUT2D eigenvalue weighted by Gasteiger charge is 2.45. The van der Waals surface area contributed by atoms with E-state index in [4.69, 9.17) is 0 Å². The quantitative estimate of drug-likeness (QED) is 0.791. The van der Waals surface area contributed by atoms with Crippen molar-refractivity contribution in [1.82, 2.24) is 10.2 Å². The number of aliphatic carboxylic acids is 1. The Balaban J connectivity index is 2.08. The zero-order valence-corrected chi connectivity index (χ0v) is 11.2. The number of carboxylic acid groups (broad SMARTS) is 1. The van der Waals surface area contributed by atoms with Crippen molar-refractivity contribution in [2.75, 3.05) is 6.54 Å². The third kappa shape index (κ3) is 2.18. The Kier molecular flexibility index (Phi) is 3.25. The lowest BCUT2D eigenvalue weighted by molar-refractivity contribution is -0.144. The van der Waals surface area contributed by atoms with E-state index in [2.05, 4.69) is 5.32 Å². The molecule has 0 spiro atoms. The van der Waals surface area contributed by atoms with Gasteiger partial charge in [0.2, 0.25) is 0 Å². The van der Waals surface area contributed by atoms with Crippen LogP contribution in [0.1, 0.15) is 52.4 Å². The molecule has 0 bridgehead atoms. The van der Waals surface area contributed by atoms with E-state index >= 15 is 0 Å². The summed E-state index contributed by atoms with van der Waals surface area (Å²) in [6.07, 6.45) is 4.79. The van der Waals surface area contributed by atoms with Crippen LogP contribution >= 0.6 is 0 Å². The smallest absolute Gasteiger partial charge is 0.329 e. The molecule has 2 N–H and O–H groups in total. The molecule has 5 nitrogen and oxygen atoms in total. The molecular formula is C13H22N2O3. The van der Waals surface area contributed by atoms with Crippen molar-refractivity contribution < 1.29 is 14.7 Å². The van der Waals surface area contributed by atoms with Gasteiger partial charge in [0.05, 0.1) is 0 Å². The summed E-state index contributed by atoms with van der Waals surface area (Å²) in [5.41, 5.74) is -1.20. The van der Waals surface area contributed by atoms with E-state index < -0.39 is 11.5 Å². The summed E-state index contributed by atoms with van der Waals surface area (Å²) < 4.78 is 0. The fourth-order valence-electron chi connectivity index (χ4n) is 3.13. The Morgan fingerprint density at radius 3 is 2.17 bits per heavy atom. The second-order valence-corrected chi connectivity index (χ2v) is 6.09. The number of hydrogen-bond donors (Lipinski definition) is 2. The van der Waals surface area contributed by atoms with E-state index in [1.807, 2.05) is 13.8 Å². The molecule has 2 rings (SSSR count). The first-order valence-corrected chi connectivity index (χ1v) is 6.71. The average Bonchev–Trinajstić information content (AvgIpc) is 2.85. The van der Waals surface area contributed by atoms with Crippen LogP contribution in [0.25, 0.3) is 0 Å². The first-order chi connectivity index (χ1) is 8.37. The number of rotatable bonds is 2. The van der Waals surface area contributed by atoms with Crippen molar-refractivity contribution in [3.8, 4) is 0 Å². The molecule has 0 radical (unpaired) electrons. The second kappa shape index (κ2) is 4.44. The van der Waals surface area contributed by atoms with Crippen LogP contribution in [0.4, 0.5) is 4.79 Å². The normalized spacial score (nSPS) is 25.1. The first kappa shape index (κ1) is 13.2. The maximum atomic E-state index is 12.3. The Morgan fingerprint density at radius 1 is 1.11 bits per heavy atom. The maximum Gasteiger partial charge on any atom is 0.329 e. The molecule has 1 saturated carbocycles. The minimum atomic E-state index is -1.03. The lowest BCUT2D eigenvalue weighted by Gasteiger charge is -2.35. The number of carbonyl (C=O) groups is 2. The van der Waals surface area contributed by atoms with E-state index in [0.717, 1.165) is 25.7 Å². The van der Waals surface area contributed by atoms with E-state index in [1.165, 1.54) is 0 Å². The Labute approximate surface area is 108 Å². The summed E-state index contributed by atoms with van der Waals surface area (Å²) >= 11 is 0. The van der Waals surface area contributed by atoms with Gasteiger partial charge in [-0.15, -0.1) is 0 Å². The van der Waals surface area contributed by atoms with E-state index in [9.17, 15) is 14.7 Å². The summed E-state index contributed by atoms with van der Waals surface area (Å²) in [5.74, 6) is -0.898. The lowest BCUT2D eigenvalue weighted by Crippen LogP contribution is -2.58. The van der Waals surface area contributed by atoms with Gasteiger partial charge >= 0.3 is 12.0 Å². The van der Waals surface area contributed by atoms with Gasteiger partial charge in [-0.1, -0.05) is 12.8 Å². The molecule has 0 aromatic heterocycles. The molecule has 1 saturated heterocycles. The summed E-state index contributed by atoms with van der Waals surface area (Å²) in [6, 6.07) is -0.221. The van der Waals surface area contributed by atoms with Gasteiger partial charge in [0.25, 0.3) is 0 Å². The molecule has 0 aromatic rings. The number of carbonyl (C=O) groups excluding carboxylic acids is 1. The van der Waals surface area contributed by atoms with Crippen LogP contribution in [-0.4, -0.2) is 39.6 Å². The molecule has 0 atom stereocenters. The molecule has 18 heavy (non-hydrogen) atoms. The van der Waals surface area contributed by atoms with Crippen LogP contribution in [0.3, 0.4) is 0 Å². The minimum Gasteiger partial charge on any atom is -0.480 e. The number of hydrogen-bond acceptors (Lipinski definition) is 2.